The Hall–Kier alpha value is -2.97. The highest BCUT2D eigenvalue weighted by Gasteiger charge is 2.19. The summed E-state index contributed by atoms with van der Waals surface area (Å²) in [6.07, 6.45) is 1.29. The number of fused-ring (bicyclic) bond motifs is 3. The van der Waals surface area contributed by atoms with Crippen LogP contribution in [0.2, 0.25) is 0 Å². The molecule has 18 heavy (non-hydrogen) atoms. The molecular weight excluding hydrogens is 242 g/mol. The number of aromatic hydroxyl groups is 2. The Morgan fingerprint density at radius 3 is 2.72 bits per heavy atom. The number of non-ortho nitro benzene ring substituents is 1. The highest BCUT2D eigenvalue weighted by molar-refractivity contribution is 6.06. The van der Waals surface area contributed by atoms with E-state index in [9.17, 15) is 20.3 Å². The largest absolute Gasteiger partial charge is 0.489 e. The van der Waals surface area contributed by atoms with Gasteiger partial charge in [0.05, 0.1) is 22.0 Å². The molecule has 0 fully saturated rings. The summed E-state index contributed by atoms with van der Waals surface area (Å²) in [5.41, 5.74) is 0.366. The first kappa shape index (κ1) is 10.2. The summed E-state index contributed by atoms with van der Waals surface area (Å²) in [5, 5.41) is 36.0. The molecule has 1 aromatic carbocycles. The van der Waals surface area contributed by atoms with Gasteiger partial charge in [-0.15, -0.1) is 0 Å². The van der Waals surface area contributed by atoms with Crippen molar-refractivity contribution >= 4 is 27.6 Å². The van der Waals surface area contributed by atoms with Crippen LogP contribution >= 0.6 is 0 Å². The van der Waals surface area contributed by atoms with Crippen molar-refractivity contribution < 1.29 is 15.1 Å². The highest BCUT2D eigenvalue weighted by atomic mass is 16.6. The van der Waals surface area contributed by atoms with E-state index in [1.165, 1.54) is 12.3 Å². The van der Waals surface area contributed by atoms with Gasteiger partial charge in [0.2, 0.25) is 0 Å². The van der Waals surface area contributed by atoms with Crippen molar-refractivity contribution in [1.82, 2.24) is 20.2 Å². The summed E-state index contributed by atoms with van der Waals surface area (Å²) < 4.78 is 0. The minimum Gasteiger partial charge on any atom is -0.489 e. The van der Waals surface area contributed by atoms with Crippen molar-refractivity contribution in [3.8, 4) is 11.8 Å². The molecule has 9 heteroatoms. The first-order chi connectivity index (χ1) is 8.58. The first-order valence-electron chi connectivity index (χ1n) is 4.78. The van der Waals surface area contributed by atoms with Crippen LogP contribution < -0.4 is 0 Å². The summed E-state index contributed by atoms with van der Waals surface area (Å²) in [5.74, 6) is -1.33. The molecule has 0 spiro atoms. The number of aromatic nitrogens is 4. The SMILES string of the molecule is O=[N+]([O-])c1cc2nc(O)c(O)nc2c2[nH]ncc12. The number of benzene rings is 1. The zero-order valence-corrected chi connectivity index (χ0v) is 8.65. The van der Waals surface area contributed by atoms with Gasteiger partial charge in [-0.05, 0) is 0 Å². The molecule has 0 amide bonds. The molecule has 0 saturated heterocycles. The van der Waals surface area contributed by atoms with E-state index in [1.54, 1.807) is 0 Å². The van der Waals surface area contributed by atoms with Gasteiger partial charge in [-0.25, -0.2) is 9.97 Å². The fraction of sp³-hybridized carbons (Fsp3) is 0. The molecule has 0 unspecified atom stereocenters. The summed E-state index contributed by atoms with van der Waals surface area (Å²) in [4.78, 5) is 17.7. The molecule has 0 aliphatic heterocycles. The number of hydrogen-bond donors (Lipinski definition) is 3. The maximum Gasteiger partial charge on any atom is 0.282 e. The van der Waals surface area contributed by atoms with Gasteiger partial charge in [0, 0.05) is 6.07 Å². The second-order valence-electron chi connectivity index (χ2n) is 3.55. The molecule has 0 atom stereocenters. The monoisotopic (exact) mass is 247 g/mol. The van der Waals surface area contributed by atoms with Crippen LogP contribution in [0.1, 0.15) is 0 Å². The van der Waals surface area contributed by atoms with E-state index in [-0.39, 0.29) is 27.6 Å². The number of nitro benzene ring substituents is 1. The second kappa shape index (κ2) is 3.26. The van der Waals surface area contributed by atoms with E-state index in [0.717, 1.165) is 0 Å². The van der Waals surface area contributed by atoms with Crippen LogP contribution in [0.15, 0.2) is 12.3 Å². The number of nitrogens with one attached hydrogen (secondary N) is 1. The van der Waals surface area contributed by atoms with Gasteiger partial charge < -0.3 is 10.2 Å². The summed E-state index contributed by atoms with van der Waals surface area (Å²) >= 11 is 0. The number of H-pyrrole nitrogens is 1. The number of nitro groups is 1. The third kappa shape index (κ3) is 1.24. The Morgan fingerprint density at radius 2 is 2.00 bits per heavy atom. The predicted octanol–water partition coefficient (Wildman–Crippen LogP) is 0.825. The normalized spacial score (nSPS) is 11.1. The van der Waals surface area contributed by atoms with Crippen LogP contribution in [0.25, 0.3) is 21.9 Å². The first-order valence-corrected chi connectivity index (χ1v) is 4.78. The summed E-state index contributed by atoms with van der Waals surface area (Å²) in [6, 6.07) is 1.17. The quantitative estimate of drug-likeness (QED) is 0.427. The Kier molecular flexibility index (Phi) is 1.85. The number of hydrogen-bond acceptors (Lipinski definition) is 7. The van der Waals surface area contributed by atoms with Crippen molar-refractivity contribution in [1.29, 1.82) is 0 Å². The van der Waals surface area contributed by atoms with Crippen molar-refractivity contribution in [3.05, 3.63) is 22.4 Å². The standard InChI is InChI=1S/C9H5N5O4/c15-8-9(16)12-7-4(11-8)1-5(14(17)18)3-2-10-13-6(3)7/h1-2H,(H,10,13)(H,11,15)(H,12,16). The third-order valence-corrected chi connectivity index (χ3v) is 2.51. The number of rotatable bonds is 1. The van der Waals surface area contributed by atoms with Gasteiger partial charge in [0.1, 0.15) is 11.0 Å². The minimum absolute atomic E-state index is 0.0914. The molecule has 0 bridgehead atoms. The van der Waals surface area contributed by atoms with Crippen LogP contribution in [0.5, 0.6) is 11.8 Å². The fourth-order valence-electron chi connectivity index (χ4n) is 1.73. The van der Waals surface area contributed by atoms with Gasteiger partial charge in [0.15, 0.2) is 0 Å². The molecule has 0 saturated carbocycles. The molecule has 2 heterocycles. The molecule has 3 N–H and O–H groups in total. The number of aromatic amines is 1. The van der Waals surface area contributed by atoms with Gasteiger partial charge in [-0.2, -0.15) is 5.10 Å². The minimum atomic E-state index is -0.685. The van der Waals surface area contributed by atoms with Gasteiger partial charge in [-0.1, -0.05) is 0 Å². The molecule has 2 aromatic heterocycles. The topological polar surface area (TPSA) is 138 Å². The Balaban J connectivity index is 2.55. The lowest BCUT2D eigenvalue weighted by atomic mass is 10.2. The summed E-state index contributed by atoms with van der Waals surface area (Å²) in [6.45, 7) is 0. The van der Waals surface area contributed by atoms with Crippen molar-refractivity contribution in [2.24, 2.45) is 0 Å². The molecule has 90 valence electrons. The second-order valence-corrected chi connectivity index (χ2v) is 3.55. The van der Waals surface area contributed by atoms with Crippen LogP contribution in [0.3, 0.4) is 0 Å². The van der Waals surface area contributed by atoms with E-state index < -0.39 is 16.7 Å². The molecule has 3 rings (SSSR count). The lowest BCUT2D eigenvalue weighted by molar-refractivity contribution is -0.382. The van der Waals surface area contributed by atoms with Crippen molar-refractivity contribution in [2.45, 2.75) is 0 Å². The maximum absolute atomic E-state index is 10.9. The average molecular weight is 247 g/mol. The maximum atomic E-state index is 10.9. The fourth-order valence-corrected chi connectivity index (χ4v) is 1.73. The van der Waals surface area contributed by atoms with E-state index in [2.05, 4.69) is 20.2 Å². The van der Waals surface area contributed by atoms with Crippen molar-refractivity contribution in [3.63, 3.8) is 0 Å². The highest BCUT2D eigenvalue weighted by Crippen LogP contribution is 2.32. The lowest BCUT2D eigenvalue weighted by Crippen LogP contribution is -1.92. The van der Waals surface area contributed by atoms with Gasteiger partial charge >= 0.3 is 0 Å². The van der Waals surface area contributed by atoms with Crippen molar-refractivity contribution in [2.75, 3.05) is 0 Å². The van der Waals surface area contributed by atoms with E-state index in [4.69, 9.17) is 0 Å². The third-order valence-electron chi connectivity index (χ3n) is 2.51. The molecule has 0 aliphatic carbocycles. The Bertz CT molecular complexity index is 796. The Morgan fingerprint density at radius 1 is 1.28 bits per heavy atom. The molecule has 3 aromatic rings. The van der Waals surface area contributed by atoms with E-state index in [1.807, 2.05) is 0 Å². The smallest absolute Gasteiger partial charge is 0.282 e. The predicted molar refractivity (Wildman–Crippen MR) is 59.2 cm³/mol. The van der Waals surface area contributed by atoms with Gasteiger partial charge in [-0.3, -0.25) is 15.2 Å². The Labute approximate surface area is 97.9 Å². The molecular formula is C9H5N5O4. The summed E-state index contributed by atoms with van der Waals surface area (Å²) in [7, 11) is 0. The van der Waals surface area contributed by atoms with Crippen LogP contribution in [-0.4, -0.2) is 35.3 Å². The lowest BCUT2D eigenvalue weighted by Gasteiger charge is -2.01. The van der Waals surface area contributed by atoms with E-state index in [0.29, 0.717) is 0 Å². The number of nitrogens with zero attached hydrogens (tertiary/aromatic N) is 4. The van der Waals surface area contributed by atoms with Crippen LogP contribution in [0.4, 0.5) is 5.69 Å². The average Bonchev–Trinajstić information content (AvgIpc) is 2.79. The van der Waals surface area contributed by atoms with E-state index >= 15 is 0 Å². The zero-order chi connectivity index (χ0) is 12.9. The molecule has 0 aliphatic rings. The van der Waals surface area contributed by atoms with Gasteiger partial charge in [0.25, 0.3) is 17.4 Å². The molecule has 0 radical (unpaired) electrons. The molecule has 9 nitrogen and oxygen atoms in total. The van der Waals surface area contributed by atoms with Crippen LogP contribution in [-0.2, 0) is 0 Å². The zero-order valence-electron chi connectivity index (χ0n) is 8.65. The van der Waals surface area contributed by atoms with Crippen LogP contribution in [0, 0.1) is 10.1 Å².